The summed E-state index contributed by atoms with van der Waals surface area (Å²) in [4.78, 5) is 0. The number of hydrogen-bond donors (Lipinski definition) is 1. The molecule has 1 aliphatic rings. The fourth-order valence-corrected chi connectivity index (χ4v) is 2.96. The van der Waals surface area contributed by atoms with Crippen molar-refractivity contribution in [2.45, 2.75) is 64.4 Å². The molecule has 0 radical (unpaired) electrons. The van der Waals surface area contributed by atoms with E-state index < -0.39 is 5.60 Å². The van der Waals surface area contributed by atoms with Gasteiger partial charge in [0.25, 0.3) is 0 Å². The molecule has 0 amide bonds. The normalized spacial score (nSPS) is 18.6. The smallest absolute Gasteiger partial charge is 0.119 e. The van der Waals surface area contributed by atoms with Crippen molar-refractivity contribution in [3.8, 4) is 5.75 Å². The molecule has 2 nitrogen and oxygen atoms in total. The van der Waals surface area contributed by atoms with E-state index in [1.165, 1.54) is 17.5 Å². The monoisotopic (exact) mass is 262 g/mol. The molecule has 0 bridgehead atoms. The van der Waals surface area contributed by atoms with Crippen LogP contribution in [0.25, 0.3) is 0 Å². The lowest BCUT2D eigenvalue weighted by Crippen LogP contribution is -2.37. The highest BCUT2D eigenvalue weighted by molar-refractivity contribution is 5.36. The molecule has 0 saturated heterocycles. The van der Waals surface area contributed by atoms with Crippen molar-refractivity contribution < 1.29 is 9.84 Å². The maximum atomic E-state index is 10.4. The maximum absolute atomic E-state index is 10.4. The summed E-state index contributed by atoms with van der Waals surface area (Å²) >= 11 is 0. The number of rotatable bonds is 4. The van der Waals surface area contributed by atoms with Crippen molar-refractivity contribution in [2.75, 3.05) is 6.61 Å². The van der Waals surface area contributed by atoms with Gasteiger partial charge in [-0.15, -0.1) is 0 Å². The van der Waals surface area contributed by atoms with E-state index in [0.717, 1.165) is 31.4 Å². The highest BCUT2D eigenvalue weighted by Gasteiger charge is 2.29. The van der Waals surface area contributed by atoms with Crippen molar-refractivity contribution in [3.63, 3.8) is 0 Å². The predicted molar refractivity (Wildman–Crippen MR) is 78.8 cm³/mol. The molecule has 0 aliphatic heterocycles. The summed E-state index contributed by atoms with van der Waals surface area (Å²) < 4.78 is 5.81. The molecule has 0 aromatic heterocycles. The number of aliphatic hydroxyl groups is 1. The summed E-state index contributed by atoms with van der Waals surface area (Å²) in [5.74, 6) is 1.41. The van der Waals surface area contributed by atoms with Crippen LogP contribution in [-0.2, 0) is 0 Å². The Kier molecular flexibility index (Phi) is 4.51. The molecule has 0 heterocycles. The largest absolute Gasteiger partial charge is 0.491 e. The lowest BCUT2D eigenvalue weighted by atomic mass is 9.85. The van der Waals surface area contributed by atoms with Crippen molar-refractivity contribution in [3.05, 3.63) is 29.3 Å². The fourth-order valence-electron chi connectivity index (χ4n) is 2.96. The van der Waals surface area contributed by atoms with Crippen LogP contribution in [0.15, 0.2) is 18.2 Å². The number of hydrogen-bond acceptors (Lipinski definition) is 2. The van der Waals surface area contributed by atoms with E-state index in [9.17, 15) is 5.11 Å². The Balaban J connectivity index is 1.98. The molecule has 1 fully saturated rings. The van der Waals surface area contributed by atoms with E-state index in [4.69, 9.17) is 4.74 Å². The van der Waals surface area contributed by atoms with Gasteiger partial charge in [-0.3, -0.25) is 0 Å². The van der Waals surface area contributed by atoms with E-state index in [-0.39, 0.29) is 0 Å². The topological polar surface area (TPSA) is 29.5 Å². The zero-order valence-electron chi connectivity index (χ0n) is 12.4. The van der Waals surface area contributed by atoms with Crippen LogP contribution in [0.2, 0.25) is 0 Å². The Hall–Kier alpha value is -1.02. The van der Waals surface area contributed by atoms with E-state index in [1.807, 2.05) is 6.07 Å². The maximum Gasteiger partial charge on any atom is 0.119 e. The second-order valence-corrected chi connectivity index (χ2v) is 6.25. The third-order valence-electron chi connectivity index (χ3n) is 4.16. The van der Waals surface area contributed by atoms with Crippen LogP contribution in [0.4, 0.5) is 0 Å². The van der Waals surface area contributed by atoms with Gasteiger partial charge >= 0.3 is 0 Å². The lowest BCUT2D eigenvalue weighted by Gasteiger charge is -2.31. The molecule has 1 aromatic carbocycles. The van der Waals surface area contributed by atoms with Crippen LogP contribution in [0, 0.1) is 6.92 Å². The minimum absolute atomic E-state index is 0.424. The number of aryl methyl sites for hydroxylation is 1. The Morgan fingerprint density at radius 3 is 2.47 bits per heavy atom. The first-order valence-corrected chi connectivity index (χ1v) is 7.46. The minimum atomic E-state index is -0.608. The van der Waals surface area contributed by atoms with Crippen molar-refractivity contribution in [2.24, 2.45) is 0 Å². The molecular weight excluding hydrogens is 236 g/mol. The first-order valence-electron chi connectivity index (χ1n) is 7.46. The molecule has 1 N–H and O–H groups in total. The summed E-state index contributed by atoms with van der Waals surface area (Å²) in [5, 5.41) is 10.4. The number of ether oxygens (including phenoxy) is 1. The summed E-state index contributed by atoms with van der Waals surface area (Å²) in [6.45, 7) is 6.95. The van der Waals surface area contributed by atoms with Gasteiger partial charge < -0.3 is 9.84 Å². The van der Waals surface area contributed by atoms with Gasteiger partial charge in [-0.1, -0.05) is 39.2 Å². The van der Waals surface area contributed by atoms with E-state index in [1.54, 1.807) is 0 Å². The van der Waals surface area contributed by atoms with Crippen LogP contribution in [-0.4, -0.2) is 17.3 Å². The average molecular weight is 262 g/mol. The molecule has 1 aromatic rings. The van der Waals surface area contributed by atoms with Crippen LogP contribution in [0.1, 0.15) is 63.0 Å². The SMILES string of the molecule is Cc1cc(OCC2(O)CCCCC2)ccc1C(C)C. The Bertz CT molecular complexity index is 417. The Morgan fingerprint density at radius 2 is 1.89 bits per heavy atom. The number of benzene rings is 1. The van der Waals surface area contributed by atoms with E-state index >= 15 is 0 Å². The zero-order chi connectivity index (χ0) is 13.9. The second-order valence-electron chi connectivity index (χ2n) is 6.25. The second kappa shape index (κ2) is 5.96. The predicted octanol–water partition coefficient (Wildman–Crippen LogP) is 4.19. The van der Waals surface area contributed by atoms with Gasteiger partial charge in [-0.2, -0.15) is 0 Å². The van der Waals surface area contributed by atoms with Crippen molar-refractivity contribution in [1.82, 2.24) is 0 Å². The Morgan fingerprint density at radius 1 is 1.21 bits per heavy atom. The molecule has 19 heavy (non-hydrogen) atoms. The average Bonchev–Trinajstić information content (AvgIpc) is 2.37. The third kappa shape index (κ3) is 3.73. The fraction of sp³-hybridized carbons (Fsp3) is 0.647. The summed E-state index contributed by atoms with van der Waals surface area (Å²) in [6, 6.07) is 6.25. The minimum Gasteiger partial charge on any atom is -0.491 e. The summed E-state index contributed by atoms with van der Waals surface area (Å²) in [7, 11) is 0. The van der Waals surface area contributed by atoms with Gasteiger partial charge in [0.05, 0.1) is 5.60 Å². The van der Waals surface area contributed by atoms with E-state index in [0.29, 0.717) is 12.5 Å². The molecule has 1 aliphatic carbocycles. The molecule has 0 spiro atoms. The molecule has 1 saturated carbocycles. The van der Waals surface area contributed by atoms with Gasteiger partial charge in [0.15, 0.2) is 0 Å². The van der Waals surface area contributed by atoms with Crippen molar-refractivity contribution in [1.29, 1.82) is 0 Å². The van der Waals surface area contributed by atoms with Gasteiger partial charge in [-0.05, 0) is 48.9 Å². The van der Waals surface area contributed by atoms with Gasteiger partial charge in [-0.25, -0.2) is 0 Å². The van der Waals surface area contributed by atoms with Crippen molar-refractivity contribution >= 4 is 0 Å². The highest BCUT2D eigenvalue weighted by Crippen LogP contribution is 2.29. The van der Waals surface area contributed by atoms with Crippen LogP contribution < -0.4 is 4.74 Å². The third-order valence-corrected chi connectivity index (χ3v) is 4.16. The Labute approximate surface area is 116 Å². The van der Waals surface area contributed by atoms with Gasteiger partial charge in [0.1, 0.15) is 12.4 Å². The summed E-state index contributed by atoms with van der Waals surface area (Å²) in [6.07, 6.45) is 5.22. The van der Waals surface area contributed by atoms with Gasteiger partial charge in [0, 0.05) is 0 Å². The van der Waals surface area contributed by atoms with Crippen LogP contribution >= 0.6 is 0 Å². The quantitative estimate of drug-likeness (QED) is 0.881. The molecule has 0 unspecified atom stereocenters. The lowest BCUT2D eigenvalue weighted by molar-refractivity contribution is -0.0339. The first kappa shape index (κ1) is 14.4. The van der Waals surface area contributed by atoms with Crippen LogP contribution in [0.5, 0.6) is 5.75 Å². The molecule has 2 heteroatoms. The highest BCUT2D eigenvalue weighted by atomic mass is 16.5. The summed E-state index contributed by atoms with van der Waals surface area (Å²) in [5.41, 5.74) is 2.02. The zero-order valence-corrected chi connectivity index (χ0v) is 12.4. The first-order chi connectivity index (χ1) is 9.00. The molecule has 106 valence electrons. The standard InChI is InChI=1S/C17H26O2/c1-13(2)16-8-7-15(11-14(16)3)19-12-17(18)9-5-4-6-10-17/h7-8,11,13,18H,4-6,9-10,12H2,1-3H3. The molecule has 2 rings (SSSR count). The molecule has 0 atom stereocenters. The van der Waals surface area contributed by atoms with E-state index in [2.05, 4.69) is 32.9 Å². The van der Waals surface area contributed by atoms with Gasteiger partial charge in [0.2, 0.25) is 0 Å². The molecular formula is C17H26O2. The van der Waals surface area contributed by atoms with Crippen LogP contribution in [0.3, 0.4) is 0 Å².